The summed E-state index contributed by atoms with van der Waals surface area (Å²) in [5.74, 6) is 0. The smallest absolute Gasteiger partial charge is 0.111 e. The third-order valence-corrected chi connectivity index (χ3v) is 4.94. The molecule has 26 heavy (non-hydrogen) atoms. The van der Waals surface area contributed by atoms with Crippen LogP contribution in [0.3, 0.4) is 0 Å². The Bertz CT molecular complexity index is 347. The molecule has 1 aliphatic heterocycles. The maximum atomic E-state index is 9.80. The maximum Gasteiger partial charge on any atom is 0.111 e. The largest absolute Gasteiger partial charge is 0.388 e. The lowest BCUT2D eigenvalue weighted by molar-refractivity contribution is -0.199. The van der Waals surface area contributed by atoms with Crippen LogP contribution in [-0.4, -0.2) is 59.6 Å². The average Bonchev–Trinajstić information content (AvgIpc) is 2.64. The van der Waals surface area contributed by atoms with E-state index in [0.717, 1.165) is 12.8 Å². The summed E-state index contributed by atoms with van der Waals surface area (Å²) < 4.78 is 10.8. The summed E-state index contributed by atoms with van der Waals surface area (Å²) in [5, 5.41) is 28.8. The zero-order valence-electron chi connectivity index (χ0n) is 16.5. The summed E-state index contributed by atoms with van der Waals surface area (Å²) in [4.78, 5) is 0. The van der Waals surface area contributed by atoms with Crippen LogP contribution < -0.4 is 0 Å². The summed E-state index contributed by atoms with van der Waals surface area (Å²) in [7, 11) is 0. The molecule has 1 heterocycles. The number of aliphatic hydroxyl groups is 3. The molecule has 0 saturated carbocycles. The molecule has 1 rings (SSSR count). The predicted molar refractivity (Wildman–Crippen MR) is 104 cm³/mol. The van der Waals surface area contributed by atoms with Crippen molar-refractivity contribution in [2.24, 2.45) is 0 Å². The molecule has 0 aliphatic carbocycles. The Kier molecular flexibility index (Phi) is 14.1. The molecular weight excluding hydrogens is 332 g/mol. The van der Waals surface area contributed by atoms with Crippen molar-refractivity contribution < 1.29 is 24.8 Å². The predicted octanol–water partition coefficient (Wildman–Crippen LogP) is 3.35. The van der Waals surface area contributed by atoms with Gasteiger partial charge in [-0.05, 0) is 32.1 Å². The molecular formula is C21H40O5. The first kappa shape index (κ1) is 23.6. The second-order valence-corrected chi connectivity index (χ2v) is 7.37. The first-order chi connectivity index (χ1) is 12.7. The molecule has 0 aromatic carbocycles. The average molecular weight is 373 g/mol. The normalized spacial score (nSPS) is 26.6. The van der Waals surface area contributed by atoms with E-state index in [9.17, 15) is 15.3 Å². The van der Waals surface area contributed by atoms with E-state index in [1.807, 2.05) is 0 Å². The summed E-state index contributed by atoms with van der Waals surface area (Å²) in [6.07, 6.45) is 14.5. The van der Waals surface area contributed by atoms with E-state index in [4.69, 9.17) is 9.47 Å². The van der Waals surface area contributed by atoms with Gasteiger partial charge in [-0.2, -0.15) is 0 Å². The third-order valence-electron chi connectivity index (χ3n) is 4.94. The monoisotopic (exact) mass is 372 g/mol. The van der Waals surface area contributed by atoms with Crippen LogP contribution in [0.15, 0.2) is 12.2 Å². The van der Waals surface area contributed by atoms with Crippen LogP contribution in [0.1, 0.15) is 77.6 Å². The highest BCUT2D eigenvalue weighted by atomic mass is 16.6. The van der Waals surface area contributed by atoms with E-state index < -0.39 is 24.4 Å². The van der Waals surface area contributed by atoms with Gasteiger partial charge in [0, 0.05) is 6.61 Å². The summed E-state index contributed by atoms with van der Waals surface area (Å²) in [6, 6.07) is 0. The van der Waals surface area contributed by atoms with Crippen LogP contribution >= 0.6 is 0 Å². The third kappa shape index (κ3) is 10.6. The standard InChI is InChI=1S/C21H40O5/c1-2-3-4-5-6-7-8-9-10-11-12-13-14-15-25-17-19-21(24)20(23)18(22)16-26-19/h6-7,18-24H,2-5,8-17H2,1H3/b7-6+/t18-,19+,20+,21+/m0/s1. The van der Waals surface area contributed by atoms with Gasteiger partial charge in [0.1, 0.15) is 24.4 Å². The molecule has 0 amide bonds. The van der Waals surface area contributed by atoms with Crippen molar-refractivity contribution in [2.75, 3.05) is 19.8 Å². The van der Waals surface area contributed by atoms with Gasteiger partial charge in [-0.15, -0.1) is 0 Å². The van der Waals surface area contributed by atoms with Crippen molar-refractivity contribution in [1.82, 2.24) is 0 Å². The molecule has 0 aromatic heterocycles. The van der Waals surface area contributed by atoms with Gasteiger partial charge in [0.2, 0.25) is 0 Å². The van der Waals surface area contributed by atoms with Gasteiger partial charge in [-0.1, -0.05) is 57.6 Å². The molecule has 0 spiro atoms. The second kappa shape index (κ2) is 15.6. The fourth-order valence-electron chi connectivity index (χ4n) is 3.13. The Morgan fingerprint density at radius 1 is 0.846 bits per heavy atom. The van der Waals surface area contributed by atoms with Crippen molar-refractivity contribution in [1.29, 1.82) is 0 Å². The molecule has 0 unspecified atom stereocenters. The Hall–Kier alpha value is -0.460. The fourth-order valence-corrected chi connectivity index (χ4v) is 3.13. The van der Waals surface area contributed by atoms with Gasteiger partial charge >= 0.3 is 0 Å². The van der Waals surface area contributed by atoms with Crippen molar-refractivity contribution in [3.8, 4) is 0 Å². The lowest BCUT2D eigenvalue weighted by atomic mass is 10.0. The number of hydrogen-bond donors (Lipinski definition) is 3. The van der Waals surface area contributed by atoms with Gasteiger partial charge < -0.3 is 24.8 Å². The van der Waals surface area contributed by atoms with Crippen LogP contribution in [-0.2, 0) is 9.47 Å². The van der Waals surface area contributed by atoms with Gasteiger partial charge in [-0.25, -0.2) is 0 Å². The van der Waals surface area contributed by atoms with Gasteiger partial charge in [-0.3, -0.25) is 0 Å². The lowest BCUT2D eigenvalue weighted by Crippen LogP contribution is -2.54. The van der Waals surface area contributed by atoms with E-state index in [1.165, 1.54) is 57.8 Å². The molecule has 1 fully saturated rings. The van der Waals surface area contributed by atoms with Crippen molar-refractivity contribution in [2.45, 2.75) is 102 Å². The minimum Gasteiger partial charge on any atom is -0.388 e. The Morgan fingerprint density at radius 3 is 2.15 bits per heavy atom. The van der Waals surface area contributed by atoms with Crippen LogP contribution in [0.2, 0.25) is 0 Å². The Labute approximate surface area is 159 Å². The second-order valence-electron chi connectivity index (χ2n) is 7.37. The van der Waals surface area contributed by atoms with E-state index in [0.29, 0.717) is 6.61 Å². The van der Waals surface area contributed by atoms with Crippen LogP contribution in [0.5, 0.6) is 0 Å². The summed E-state index contributed by atoms with van der Waals surface area (Å²) in [5.41, 5.74) is 0. The van der Waals surface area contributed by atoms with Crippen LogP contribution in [0.4, 0.5) is 0 Å². The number of aliphatic hydroxyl groups excluding tert-OH is 3. The fraction of sp³-hybridized carbons (Fsp3) is 0.905. The van der Waals surface area contributed by atoms with E-state index in [2.05, 4.69) is 19.1 Å². The first-order valence-electron chi connectivity index (χ1n) is 10.5. The van der Waals surface area contributed by atoms with Crippen LogP contribution in [0, 0.1) is 0 Å². The zero-order valence-corrected chi connectivity index (χ0v) is 16.5. The highest BCUT2D eigenvalue weighted by Crippen LogP contribution is 2.16. The number of rotatable bonds is 15. The molecule has 3 N–H and O–H groups in total. The van der Waals surface area contributed by atoms with Gasteiger partial charge in [0.15, 0.2) is 0 Å². The SMILES string of the molecule is CCCCC/C=C/CCCCCCCCOC[C@H]1OC[C@H](O)[C@@H](O)[C@@H]1O. The highest BCUT2D eigenvalue weighted by Gasteiger charge is 2.37. The van der Waals surface area contributed by atoms with Crippen molar-refractivity contribution in [3.05, 3.63) is 12.2 Å². The topological polar surface area (TPSA) is 79.2 Å². The zero-order chi connectivity index (χ0) is 19.0. The van der Waals surface area contributed by atoms with E-state index in [-0.39, 0.29) is 13.2 Å². The quantitative estimate of drug-likeness (QED) is 0.303. The summed E-state index contributed by atoms with van der Waals surface area (Å²) >= 11 is 0. The molecule has 1 saturated heterocycles. The highest BCUT2D eigenvalue weighted by molar-refractivity contribution is 4.86. The molecule has 5 nitrogen and oxygen atoms in total. The minimum atomic E-state index is -1.15. The molecule has 0 radical (unpaired) electrons. The first-order valence-corrected chi connectivity index (χ1v) is 10.5. The number of hydrogen-bond acceptors (Lipinski definition) is 5. The number of ether oxygens (including phenoxy) is 2. The molecule has 154 valence electrons. The molecule has 1 aliphatic rings. The Balaban J connectivity index is 1.84. The Morgan fingerprint density at radius 2 is 1.46 bits per heavy atom. The number of unbranched alkanes of at least 4 members (excludes halogenated alkanes) is 9. The maximum absolute atomic E-state index is 9.80. The van der Waals surface area contributed by atoms with Gasteiger partial charge in [0.05, 0.1) is 13.2 Å². The molecule has 5 heteroatoms. The molecule has 0 aromatic rings. The van der Waals surface area contributed by atoms with Crippen molar-refractivity contribution in [3.63, 3.8) is 0 Å². The summed E-state index contributed by atoms with van der Waals surface area (Å²) in [6.45, 7) is 3.18. The molecule has 0 bridgehead atoms. The van der Waals surface area contributed by atoms with Crippen molar-refractivity contribution >= 4 is 0 Å². The van der Waals surface area contributed by atoms with E-state index in [1.54, 1.807) is 0 Å². The number of allylic oxidation sites excluding steroid dienone is 2. The lowest BCUT2D eigenvalue weighted by Gasteiger charge is -2.35. The minimum absolute atomic E-state index is 0.0418. The van der Waals surface area contributed by atoms with E-state index >= 15 is 0 Å². The van der Waals surface area contributed by atoms with Crippen LogP contribution in [0.25, 0.3) is 0 Å². The van der Waals surface area contributed by atoms with Gasteiger partial charge in [0.25, 0.3) is 0 Å². The molecule has 4 atom stereocenters.